The third-order valence-corrected chi connectivity index (χ3v) is 8.29. The van der Waals surface area contributed by atoms with Crippen molar-refractivity contribution in [3.05, 3.63) is 113 Å². The number of carbonyl (C=O) groups is 1. The maximum atomic E-state index is 10.0. The molecule has 3 nitrogen and oxygen atoms in total. The second kappa shape index (κ2) is 15.8. The number of carbonyl (C=O) groups excluding carboxylic acids is 1. The van der Waals surface area contributed by atoms with Gasteiger partial charge in [-0.05, 0) is 99.1 Å². The molecule has 0 saturated heterocycles. The van der Waals surface area contributed by atoms with Gasteiger partial charge in [-0.3, -0.25) is 4.79 Å². The number of allylic oxidation sites excluding steroid dienone is 2. The van der Waals surface area contributed by atoms with Gasteiger partial charge in [0.25, 0.3) is 0 Å². The van der Waals surface area contributed by atoms with Crippen molar-refractivity contribution in [2.75, 3.05) is 0 Å². The molecule has 1 radical (unpaired) electrons. The van der Waals surface area contributed by atoms with Crippen LogP contribution in [0, 0.1) is 6.07 Å². The Labute approximate surface area is 289 Å². The zero-order valence-corrected chi connectivity index (χ0v) is 31.3. The van der Waals surface area contributed by atoms with Crippen LogP contribution in [0.5, 0.6) is 0 Å². The summed E-state index contributed by atoms with van der Waals surface area (Å²) in [5.74, 6) is 1.76. The molecule has 5 aromatic rings. The molecule has 0 aliphatic heterocycles. The molecule has 0 saturated carbocycles. The van der Waals surface area contributed by atoms with Gasteiger partial charge in [0.15, 0.2) is 5.78 Å². The zero-order chi connectivity index (χ0) is 33.0. The summed E-state index contributed by atoms with van der Waals surface area (Å²) in [4.78, 5) is 14.9. The molecular formula is C42H48IrNO2-. The number of hydrogen-bond donors (Lipinski definition) is 1. The van der Waals surface area contributed by atoms with Crippen LogP contribution in [-0.2, 0) is 24.9 Å². The maximum Gasteiger partial charge on any atom is 0.155 e. The molecule has 4 heteroatoms. The average Bonchev–Trinajstić information content (AvgIpc) is 2.99. The first kappa shape index (κ1) is 36.9. The summed E-state index contributed by atoms with van der Waals surface area (Å²) in [6.07, 6.45) is 3.13. The molecular weight excluding hydrogens is 743 g/mol. The van der Waals surface area contributed by atoms with Gasteiger partial charge in [-0.15, -0.1) is 34.9 Å². The van der Waals surface area contributed by atoms with E-state index < -0.39 is 0 Å². The van der Waals surface area contributed by atoms with Crippen molar-refractivity contribution in [2.45, 2.75) is 92.9 Å². The fourth-order valence-corrected chi connectivity index (χ4v) is 5.93. The molecule has 0 aliphatic rings. The normalized spacial score (nSPS) is 11.7. The summed E-state index contributed by atoms with van der Waals surface area (Å²) < 4.78 is 0. The predicted octanol–water partition coefficient (Wildman–Crippen LogP) is 12.1. The molecule has 5 rings (SSSR count). The van der Waals surface area contributed by atoms with Gasteiger partial charge in [-0.1, -0.05) is 97.9 Å². The number of benzene rings is 4. The van der Waals surface area contributed by atoms with E-state index >= 15 is 0 Å². The van der Waals surface area contributed by atoms with E-state index in [0.29, 0.717) is 23.7 Å². The Morgan fingerprint density at radius 2 is 1.37 bits per heavy atom. The molecule has 0 aliphatic carbocycles. The SMILES string of the molecule is CC(=O)/C=C(/C)O.CC(C)c1[c-]c(-c2nccc3c2ccc2cc(-c4c(C(C)C)cccc4C(C)C)ccc23)cc(C(C)C)c1.[Ir]. The number of fused-ring (bicyclic) bond motifs is 3. The minimum Gasteiger partial charge on any atom is -0.512 e. The number of pyridine rings is 1. The first-order chi connectivity index (χ1) is 21.3. The Kier molecular flexibility index (Phi) is 12.7. The van der Waals surface area contributed by atoms with E-state index in [0.717, 1.165) is 11.3 Å². The van der Waals surface area contributed by atoms with Crippen LogP contribution in [0.2, 0.25) is 0 Å². The molecule has 46 heavy (non-hydrogen) atoms. The molecule has 1 N–H and O–H groups in total. The first-order valence-corrected chi connectivity index (χ1v) is 16.2. The topological polar surface area (TPSA) is 50.2 Å². The van der Waals surface area contributed by atoms with Crippen LogP contribution in [0.1, 0.15) is 115 Å². The summed E-state index contributed by atoms with van der Waals surface area (Å²) in [5, 5.41) is 13.3. The van der Waals surface area contributed by atoms with E-state index in [2.05, 4.69) is 128 Å². The van der Waals surface area contributed by atoms with Crippen molar-refractivity contribution < 1.29 is 30.0 Å². The Balaban J connectivity index is 0.000000648. The van der Waals surface area contributed by atoms with Crippen molar-refractivity contribution in [3.8, 4) is 22.4 Å². The van der Waals surface area contributed by atoms with Crippen LogP contribution in [0.25, 0.3) is 43.9 Å². The maximum absolute atomic E-state index is 10.0. The number of rotatable bonds is 7. The Hall–Kier alpha value is -3.59. The smallest absolute Gasteiger partial charge is 0.155 e. The molecule has 4 aromatic carbocycles. The predicted molar refractivity (Wildman–Crippen MR) is 192 cm³/mol. The number of aliphatic hydroxyl groups excluding tert-OH is 1. The number of nitrogens with zero attached hydrogens (tertiary/aromatic N) is 1. The van der Waals surface area contributed by atoms with E-state index in [9.17, 15) is 4.79 Å². The van der Waals surface area contributed by atoms with E-state index in [1.807, 2.05) is 6.20 Å². The number of aliphatic hydroxyl groups is 1. The summed E-state index contributed by atoms with van der Waals surface area (Å²) in [6, 6.07) is 28.8. The Morgan fingerprint density at radius 3 is 1.89 bits per heavy atom. The largest absolute Gasteiger partial charge is 0.512 e. The van der Waals surface area contributed by atoms with Gasteiger partial charge in [0.05, 0.1) is 5.76 Å². The van der Waals surface area contributed by atoms with Crippen molar-refractivity contribution >= 4 is 27.3 Å². The van der Waals surface area contributed by atoms with Gasteiger partial charge in [0, 0.05) is 32.4 Å². The Morgan fingerprint density at radius 1 is 0.739 bits per heavy atom. The minimum absolute atomic E-state index is 0. The van der Waals surface area contributed by atoms with Crippen molar-refractivity contribution in [1.82, 2.24) is 4.98 Å². The number of hydrogen-bond acceptors (Lipinski definition) is 3. The molecule has 1 heterocycles. The third kappa shape index (κ3) is 8.41. The fourth-order valence-electron chi connectivity index (χ4n) is 5.93. The standard InChI is InChI=1S/C37H40N.C5H8O2.Ir/c1-22(2)28-19-29(23(3)4)21-30(20-28)37-35-15-12-26-18-27(13-14-33(26)34(35)16-17-38-37)36-31(24(5)6)10-9-11-32(36)25(7)8;1-4(6)3-5(2)7;/h9-20,22-25H,1-8H3;3,6H,1-2H3;/q-1;;/b;4-3-;. The van der Waals surface area contributed by atoms with Gasteiger partial charge in [-0.25, -0.2) is 0 Å². The summed E-state index contributed by atoms with van der Waals surface area (Å²) in [7, 11) is 0. The number of ketones is 1. The fraction of sp³-hybridized carbons (Fsp3) is 0.333. The molecule has 0 atom stereocenters. The van der Waals surface area contributed by atoms with Crippen LogP contribution in [0.15, 0.2) is 84.8 Å². The summed E-state index contributed by atoms with van der Waals surface area (Å²) in [6.45, 7) is 21.0. The van der Waals surface area contributed by atoms with Crippen LogP contribution < -0.4 is 0 Å². The molecule has 1 aromatic heterocycles. The van der Waals surface area contributed by atoms with E-state index in [-0.39, 0.29) is 31.6 Å². The van der Waals surface area contributed by atoms with Gasteiger partial charge in [0.1, 0.15) is 0 Å². The van der Waals surface area contributed by atoms with Crippen molar-refractivity contribution in [2.24, 2.45) is 0 Å². The number of aromatic nitrogens is 1. The average molecular weight is 791 g/mol. The molecule has 243 valence electrons. The van der Waals surface area contributed by atoms with Crippen LogP contribution in [-0.4, -0.2) is 15.9 Å². The molecule has 0 fully saturated rings. The quantitative estimate of drug-likeness (QED) is 0.0773. The molecule has 0 spiro atoms. The van der Waals surface area contributed by atoms with Gasteiger partial charge < -0.3 is 10.1 Å². The summed E-state index contributed by atoms with van der Waals surface area (Å²) >= 11 is 0. The molecule has 0 unspecified atom stereocenters. The van der Waals surface area contributed by atoms with Crippen LogP contribution in [0.4, 0.5) is 0 Å². The monoisotopic (exact) mass is 791 g/mol. The van der Waals surface area contributed by atoms with E-state index in [1.54, 1.807) is 0 Å². The van der Waals surface area contributed by atoms with E-state index in [1.165, 1.54) is 74.8 Å². The van der Waals surface area contributed by atoms with Crippen LogP contribution in [0.3, 0.4) is 0 Å². The second-order valence-corrected chi connectivity index (χ2v) is 13.4. The summed E-state index contributed by atoms with van der Waals surface area (Å²) in [5.41, 5.74) is 10.2. The zero-order valence-electron chi connectivity index (χ0n) is 29.0. The van der Waals surface area contributed by atoms with Crippen molar-refractivity contribution in [1.29, 1.82) is 0 Å². The van der Waals surface area contributed by atoms with E-state index in [4.69, 9.17) is 10.1 Å². The van der Waals surface area contributed by atoms with Gasteiger partial charge in [0.2, 0.25) is 0 Å². The molecule has 0 amide bonds. The second-order valence-electron chi connectivity index (χ2n) is 13.4. The Bertz CT molecular complexity index is 1810. The molecule has 0 bridgehead atoms. The van der Waals surface area contributed by atoms with Gasteiger partial charge in [-0.2, -0.15) is 0 Å². The third-order valence-electron chi connectivity index (χ3n) is 8.29. The van der Waals surface area contributed by atoms with Crippen molar-refractivity contribution in [3.63, 3.8) is 0 Å². The first-order valence-electron chi connectivity index (χ1n) is 16.2. The minimum atomic E-state index is -0.125. The van der Waals surface area contributed by atoms with Gasteiger partial charge >= 0.3 is 0 Å². The van der Waals surface area contributed by atoms with Crippen LogP contribution >= 0.6 is 0 Å².